The second kappa shape index (κ2) is 9.75. The van der Waals surface area contributed by atoms with Crippen LogP contribution in [0.5, 0.6) is 0 Å². The predicted octanol–water partition coefficient (Wildman–Crippen LogP) is 2.60. The molecule has 1 saturated carbocycles. The Labute approximate surface area is 155 Å². The molecule has 128 valence electrons. The Morgan fingerprint density at radius 1 is 1.35 bits per heavy atom. The summed E-state index contributed by atoms with van der Waals surface area (Å²) >= 11 is 0. The van der Waals surface area contributed by atoms with Crippen molar-refractivity contribution in [3.8, 4) is 0 Å². The van der Waals surface area contributed by atoms with E-state index in [-0.39, 0.29) is 29.9 Å². The van der Waals surface area contributed by atoms with E-state index in [9.17, 15) is 4.79 Å². The lowest BCUT2D eigenvalue weighted by molar-refractivity contribution is 0.0600. The van der Waals surface area contributed by atoms with Crippen molar-refractivity contribution in [2.45, 2.75) is 32.7 Å². The van der Waals surface area contributed by atoms with Gasteiger partial charge in [0.1, 0.15) is 0 Å². The third-order valence-corrected chi connectivity index (χ3v) is 3.82. The fourth-order valence-electron chi connectivity index (χ4n) is 2.24. The second-order valence-electron chi connectivity index (χ2n) is 5.66. The zero-order chi connectivity index (χ0) is 15.9. The van der Waals surface area contributed by atoms with E-state index in [0.717, 1.165) is 30.4 Å². The fourth-order valence-corrected chi connectivity index (χ4v) is 2.24. The van der Waals surface area contributed by atoms with Gasteiger partial charge in [0.2, 0.25) is 0 Å². The number of hydrogen-bond donors (Lipinski definition) is 2. The van der Waals surface area contributed by atoms with Crippen LogP contribution in [0.1, 0.15) is 36.2 Å². The summed E-state index contributed by atoms with van der Waals surface area (Å²) in [4.78, 5) is 16.0. The molecule has 2 rings (SSSR count). The van der Waals surface area contributed by atoms with Crippen LogP contribution in [0.3, 0.4) is 0 Å². The number of nitrogens with zero attached hydrogens (tertiary/aromatic N) is 1. The van der Waals surface area contributed by atoms with Gasteiger partial charge in [0.05, 0.1) is 12.7 Å². The van der Waals surface area contributed by atoms with Gasteiger partial charge in [-0.15, -0.1) is 24.0 Å². The van der Waals surface area contributed by atoms with E-state index >= 15 is 0 Å². The summed E-state index contributed by atoms with van der Waals surface area (Å²) in [6.45, 7) is 5.89. The third-order valence-electron chi connectivity index (χ3n) is 3.82. The average molecular weight is 431 g/mol. The molecule has 1 fully saturated rings. The molecule has 2 unspecified atom stereocenters. The molecule has 5 nitrogen and oxygen atoms in total. The molecule has 0 heterocycles. The van der Waals surface area contributed by atoms with Gasteiger partial charge in [0.25, 0.3) is 0 Å². The molecular weight excluding hydrogens is 405 g/mol. The minimum atomic E-state index is -0.304. The number of ether oxygens (including phenoxy) is 1. The Kier molecular flexibility index (Phi) is 8.36. The molecule has 0 bridgehead atoms. The highest BCUT2D eigenvalue weighted by atomic mass is 127. The molecule has 23 heavy (non-hydrogen) atoms. The summed E-state index contributed by atoms with van der Waals surface area (Å²) < 4.78 is 4.69. The van der Waals surface area contributed by atoms with E-state index in [1.165, 1.54) is 13.5 Å². The lowest BCUT2D eigenvalue weighted by Gasteiger charge is -2.10. The van der Waals surface area contributed by atoms with Crippen molar-refractivity contribution < 1.29 is 9.53 Å². The molecular formula is C17H26IN3O2. The molecule has 0 amide bonds. The van der Waals surface area contributed by atoms with Crippen molar-refractivity contribution >= 4 is 35.9 Å². The van der Waals surface area contributed by atoms with Crippen molar-refractivity contribution in [2.75, 3.05) is 20.2 Å². The minimum Gasteiger partial charge on any atom is -0.465 e. The maximum absolute atomic E-state index is 11.4. The van der Waals surface area contributed by atoms with Gasteiger partial charge in [0.15, 0.2) is 5.96 Å². The predicted molar refractivity (Wildman–Crippen MR) is 104 cm³/mol. The molecule has 0 saturated heterocycles. The maximum Gasteiger partial charge on any atom is 0.337 e. The highest BCUT2D eigenvalue weighted by Crippen LogP contribution is 2.28. The Bertz CT molecular complexity index is 531. The largest absolute Gasteiger partial charge is 0.465 e. The Morgan fingerprint density at radius 3 is 2.52 bits per heavy atom. The molecule has 1 aromatic carbocycles. The number of halogens is 1. The first-order valence-electron chi connectivity index (χ1n) is 7.86. The van der Waals surface area contributed by atoms with E-state index in [1.54, 1.807) is 12.1 Å². The fraction of sp³-hybridized carbons (Fsp3) is 0.529. The van der Waals surface area contributed by atoms with Gasteiger partial charge in [-0.2, -0.15) is 0 Å². The highest BCUT2D eigenvalue weighted by molar-refractivity contribution is 14.0. The summed E-state index contributed by atoms with van der Waals surface area (Å²) in [5.74, 6) is 1.33. The first kappa shape index (κ1) is 19.7. The van der Waals surface area contributed by atoms with Crippen LogP contribution in [0, 0.1) is 5.92 Å². The summed E-state index contributed by atoms with van der Waals surface area (Å²) in [5, 5.41) is 6.71. The van der Waals surface area contributed by atoms with Crippen molar-refractivity contribution in [3.05, 3.63) is 35.4 Å². The Hall–Kier alpha value is -1.31. The third kappa shape index (κ3) is 6.37. The molecule has 1 aromatic rings. The van der Waals surface area contributed by atoms with Crippen LogP contribution in [0.15, 0.2) is 29.3 Å². The summed E-state index contributed by atoms with van der Waals surface area (Å²) in [6.07, 6.45) is 2.07. The number of esters is 1. The number of methoxy groups -OCH3 is 1. The highest BCUT2D eigenvalue weighted by Gasteiger charge is 2.33. The topological polar surface area (TPSA) is 62.7 Å². The molecule has 2 N–H and O–H groups in total. The minimum absolute atomic E-state index is 0. The van der Waals surface area contributed by atoms with E-state index in [2.05, 4.69) is 34.2 Å². The van der Waals surface area contributed by atoms with Gasteiger partial charge < -0.3 is 15.4 Å². The van der Waals surface area contributed by atoms with Crippen LogP contribution in [0.2, 0.25) is 0 Å². The van der Waals surface area contributed by atoms with Crippen molar-refractivity contribution in [2.24, 2.45) is 10.9 Å². The lowest BCUT2D eigenvalue weighted by Crippen LogP contribution is -2.39. The average Bonchev–Trinajstić information content (AvgIpc) is 3.22. The SMILES string of the molecule is CCNC(=NCCc1ccc(C(=O)OC)cc1)NC1CC1C.I. The Balaban J connectivity index is 0.00000264. The van der Waals surface area contributed by atoms with E-state index in [0.29, 0.717) is 18.2 Å². The van der Waals surface area contributed by atoms with Crippen molar-refractivity contribution in [3.63, 3.8) is 0 Å². The molecule has 1 aliphatic rings. The van der Waals surface area contributed by atoms with Gasteiger partial charge >= 0.3 is 5.97 Å². The van der Waals surface area contributed by atoms with Crippen LogP contribution in [-0.2, 0) is 11.2 Å². The summed E-state index contributed by atoms with van der Waals surface area (Å²) in [5.41, 5.74) is 1.74. The maximum atomic E-state index is 11.4. The van der Waals surface area contributed by atoms with Crippen LogP contribution >= 0.6 is 24.0 Å². The number of carbonyl (C=O) groups is 1. The molecule has 6 heteroatoms. The standard InChI is InChI=1S/C17H25N3O2.HI/c1-4-18-17(20-15-11-12(15)2)19-10-9-13-5-7-14(8-6-13)16(21)22-3;/h5-8,12,15H,4,9-11H2,1-3H3,(H2,18,19,20);1H. The molecule has 2 atom stereocenters. The number of nitrogens with one attached hydrogen (secondary N) is 2. The molecule has 0 aliphatic heterocycles. The number of aliphatic imine (C=N–C) groups is 1. The second-order valence-corrected chi connectivity index (χ2v) is 5.66. The summed E-state index contributed by atoms with van der Waals surface area (Å²) in [7, 11) is 1.39. The van der Waals surface area contributed by atoms with Crippen molar-refractivity contribution in [1.29, 1.82) is 0 Å². The molecule has 0 aromatic heterocycles. The number of benzene rings is 1. The van der Waals surface area contributed by atoms with Gasteiger partial charge in [0, 0.05) is 19.1 Å². The zero-order valence-corrected chi connectivity index (χ0v) is 16.3. The monoisotopic (exact) mass is 431 g/mol. The van der Waals surface area contributed by atoms with Gasteiger partial charge in [-0.1, -0.05) is 19.1 Å². The smallest absolute Gasteiger partial charge is 0.337 e. The number of rotatable bonds is 6. The van der Waals surface area contributed by atoms with Gasteiger partial charge in [-0.25, -0.2) is 4.79 Å². The Morgan fingerprint density at radius 2 is 2.00 bits per heavy atom. The van der Waals surface area contributed by atoms with Gasteiger partial charge in [-0.3, -0.25) is 4.99 Å². The summed E-state index contributed by atoms with van der Waals surface area (Å²) in [6, 6.07) is 8.05. The number of hydrogen-bond acceptors (Lipinski definition) is 3. The zero-order valence-electron chi connectivity index (χ0n) is 14.0. The van der Waals surface area contributed by atoms with Crippen LogP contribution < -0.4 is 10.6 Å². The number of carbonyl (C=O) groups excluding carboxylic acids is 1. The van der Waals surface area contributed by atoms with Gasteiger partial charge in [-0.05, 0) is 43.4 Å². The first-order chi connectivity index (χ1) is 10.6. The van der Waals surface area contributed by atoms with E-state index < -0.39 is 0 Å². The molecule has 1 aliphatic carbocycles. The number of guanidine groups is 1. The van der Waals surface area contributed by atoms with Crippen LogP contribution in [-0.4, -0.2) is 38.2 Å². The van der Waals surface area contributed by atoms with Crippen LogP contribution in [0.25, 0.3) is 0 Å². The first-order valence-corrected chi connectivity index (χ1v) is 7.86. The lowest BCUT2D eigenvalue weighted by atomic mass is 10.1. The van der Waals surface area contributed by atoms with E-state index in [4.69, 9.17) is 0 Å². The quantitative estimate of drug-likeness (QED) is 0.315. The van der Waals surface area contributed by atoms with E-state index in [1.807, 2.05) is 12.1 Å². The molecule has 0 radical (unpaired) electrons. The normalized spacial score (nSPS) is 19.5. The van der Waals surface area contributed by atoms with Crippen LogP contribution in [0.4, 0.5) is 0 Å². The van der Waals surface area contributed by atoms with Crippen molar-refractivity contribution in [1.82, 2.24) is 10.6 Å². The molecule has 0 spiro atoms.